The molecule has 0 heterocycles. The van der Waals surface area contributed by atoms with Crippen LogP contribution in [0.15, 0.2) is 60.7 Å². The van der Waals surface area contributed by atoms with Crippen LogP contribution in [0.3, 0.4) is 0 Å². The van der Waals surface area contributed by atoms with E-state index < -0.39 is 0 Å². The lowest BCUT2D eigenvalue weighted by Crippen LogP contribution is -2.38. The lowest BCUT2D eigenvalue weighted by Gasteiger charge is -2.22. The molecule has 0 saturated heterocycles. The van der Waals surface area contributed by atoms with Gasteiger partial charge in [0.2, 0.25) is 0 Å². The summed E-state index contributed by atoms with van der Waals surface area (Å²) in [6, 6.07) is 19.3. The highest BCUT2D eigenvalue weighted by atomic mass is 35.5. The molecule has 0 aliphatic heterocycles. The van der Waals surface area contributed by atoms with Crippen LogP contribution in [0.1, 0.15) is 32.1 Å². The van der Waals surface area contributed by atoms with Crippen molar-refractivity contribution in [3.05, 3.63) is 65.7 Å². The zero-order valence-electron chi connectivity index (χ0n) is 13.2. The van der Waals surface area contributed by atoms with Gasteiger partial charge in [-0.05, 0) is 37.1 Å². The summed E-state index contributed by atoms with van der Waals surface area (Å²) in [5, 5.41) is 6.48. The van der Waals surface area contributed by atoms with Gasteiger partial charge in [-0.15, -0.1) is 0 Å². The molecule has 23 heavy (non-hydrogen) atoms. The number of rotatable bonds is 2. The number of amides is 2. The monoisotopic (exact) mass is 330 g/mol. The van der Waals surface area contributed by atoms with E-state index in [1.165, 1.54) is 19.3 Å². The molecular weight excluding hydrogens is 308 g/mol. The minimum absolute atomic E-state index is 0.126. The van der Waals surface area contributed by atoms with Gasteiger partial charge >= 0.3 is 6.03 Å². The summed E-state index contributed by atoms with van der Waals surface area (Å²) >= 11 is 5.78. The summed E-state index contributed by atoms with van der Waals surface area (Å²) < 4.78 is 0. The van der Waals surface area contributed by atoms with E-state index >= 15 is 0 Å². The first-order valence-corrected chi connectivity index (χ1v) is 8.45. The molecule has 2 N–H and O–H groups in total. The summed E-state index contributed by atoms with van der Waals surface area (Å²) in [7, 11) is 0. The number of halogens is 1. The van der Waals surface area contributed by atoms with E-state index in [1.807, 2.05) is 36.4 Å². The molecule has 1 aliphatic rings. The third kappa shape index (κ3) is 7.20. The second-order valence-corrected chi connectivity index (χ2v) is 6.03. The second kappa shape index (κ2) is 9.90. The van der Waals surface area contributed by atoms with Crippen LogP contribution in [0.2, 0.25) is 5.02 Å². The molecule has 0 atom stereocenters. The molecular formula is C19H23ClN2O. The molecule has 2 amide bonds. The molecule has 3 rings (SSSR count). The van der Waals surface area contributed by atoms with Gasteiger partial charge in [0.25, 0.3) is 0 Å². The number of carbonyl (C=O) groups excluding carboxylic acids is 1. The first-order valence-electron chi connectivity index (χ1n) is 8.07. The molecule has 4 heteroatoms. The summed E-state index contributed by atoms with van der Waals surface area (Å²) in [5.41, 5.74) is 0.766. The van der Waals surface area contributed by atoms with Crippen molar-refractivity contribution in [2.24, 2.45) is 0 Å². The fourth-order valence-corrected chi connectivity index (χ4v) is 2.64. The number of nitrogens with one attached hydrogen (secondary N) is 2. The lowest BCUT2D eigenvalue weighted by molar-refractivity contribution is 0.244. The maximum absolute atomic E-state index is 11.7. The van der Waals surface area contributed by atoms with Gasteiger partial charge in [0, 0.05) is 16.8 Å². The first kappa shape index (κ1) is 17.4. The quantitative estimate of drug-likeness (QED) is 0.752. The van der Waals surface area contributed by atoms with Crippen LogP contribution < -0.4 is 10.6 Å². The van der Waals surface area contributed by atoms with Gasteiger partial charge < -0.3 is 10.6 Å². The topological polar surface area (TPSA) is 41.1 Å². The minimum atomic E-state index is -0.126. The van der Waals surface area contributed by atoms with Crippen LogP contribution in [0.25, 0.3) is 0 Å². The average Bonchev–Trinajstić information content (AvgIpc) is 2.60. The molecule has 1 saturated carbocycles. The SMILES string of the molecule is O=C(Nc1ccc(Cl)cc1)NC1CCCCC1.c1ccccc1. The zero-order chi connectivity index (χ0) is 16.3. The Kier molecular flexibility index (Phi) is 7.47. The number of hydrogen-bond acceptors (Lipinski definition) is 1. The predicted octanol–water partition coefficient (Wildman–Crippen LogP) is 5.48. The van der Waals surface area contributed by atoms with E-state index in [2.05, 4.69) is 10.6 Å². The molecule has 3 nitrogen and oxygen atoms in total. The third-order valence-corrected chi connectivity index (χ3v) is 3.96. The van der Waals surface area contributed by atoms with Crippen molar-refractivity contribution in [3.8, 4) is 0 Å². The van der Waals surface area contributed by atoms with Crippen LogP contribution in [0, 0.1) is 0 Å². The van der Waals surface area contributed by atoms with E-state index in [4.69, 9.17) is 11.6 Å². The van der Waals surface area contributed by atoms with Crippen molar-refractivity contribution in [2.45, 2.75) is 38.1 Å². The molecule has 1 fully saturated rings. The van der Waals surface area contributed by atoms with Crippen LogP contribution in [-0.4, -0.2) is 12.1 Å². The van der Waals surface area contributed by atoms with Crippen molar-refractivity contribution in [1.82, 2.24) is 5.32 Å². The van der Waals surface area contributed by atoms with Crippen LogP contribution in [0.5, 0.6) is 0 Å². The Morgan fingerprint density at radius 1 is 0.870 bits per heavy atom. The summed E-state index contributed by atoms with van der Waals surface area (Å²) in [5.74, 6) is 0. The first-order chi connectivity index (χ1) is 11.2. The van der Waals surface area contributed by atoms with Crippen LogP contribution in [0.4, 0.5) is 10.5 Å². The zero-order valence-corrected chi connectivity index (χ0v) is 13.9. The normalized spacial score (nSPS) is 14.3. The van der Waals surface area contributed by atoms with Gasteiger partial charge in [-0.25, -0.2) is 4.79 Å². The Bertz CT molecular complexity index is 539. The van der Waals surface area contributed by atoms with Crippen molar-refractivity contribution < 1.29 is 4.79 Å². The Balaban J connectivity index is 0.000000268. The fraction of sp³-hybridized carbons (Fsp3) is 0.316. The van der Waals surface area contributed by atoms with Crippen molar-refractivity contribution in [3.63, 3.8) is 0 Å². The van der Waals surface area contributed by atoms with Gasteiger partial charge in [-0.3, -0.25) is 0 Å². The second-order valence-electron chi connectivity index (χ2n) is 5.59. The molecule has 0 radical (unpaired) electrons. The van der Waals surface area contributed by atoms with Gasteiger partial charge in [0.15, 0.2) is 0 Å². The van der Waals surface area contributed by atoms with E-state index in [9.17, 15) is 4.79 Å². The highest BCUT2D eigenvalue weighted by Gasteiger charge is 2.15. The molecule has 0 bridgehead atoms. The van der Waals surface area contributed by atoms with Gasteiger partial charge in [-0.2, -0.15) is 0 Å². The third-order valence-electron chi connectivity index (χ3n) is 3.71. The van der Waals surface area contributed by atoms with Gasteiger partial charge in [0.1, 0.15) is 0 Å². The highest BCUT2D eigenvalue weighted by Crippen LogP contribution is 2.18. The average molecular weight is 331 g/mol. The number of carbonyl (C=O) groups is 1. The minimum Gasteiger partial charge on any atom is -0.335 e. The fourth-order valence-electron chi connectivity index (χ4n) is 2.52. The summed E-state index contributed by atoms with van der Waals surface area (Å²) in [4.78, 5) is 11.7. The Morgan fingerprint density at radius 3 is 1.91 bits per heavy atom. The Morgan fingerprint density at radius 2 is 1.39 bits per heavy atom. The highest BCUT2D eigenvalue weighted by molar-refractivity contribution is 6.30. The molecule has 0 unspecified atom stereocenters. The van der Waals surface area contributed by atoms with Crippen molar-refractivity contribution >= 4 is 23.3 Å². The molecule has 2 aromatic carbocycles. The maximum Gasteiger partial charge on any atom is 0.319 e. The smallest absolute Gasteiger partial charge is 0.319 e. The van der Waals surface area contributed by atoms with E-state index in [-0.39, 0.29) is 6.03 Å². The van der Waals surface area contributed by atoms with E-state index in [0.29, 0.717) is 11.1 Å². The standard InChI is InChI=1S/C13H17ClN2O.C6H6/c14-10-6-8-12(9-7-10)16-13(17)15-11-4-2-1-3-5-11;1-2-4-6-5-3-1/h6-9,11H,1-5H2,(H2,15,16,17);1-6H. The molecule has 0 spiro atoms. The maximum atomic E-state index is 11.7. The number of anilines is 1. The van der Waals surface area contributed by atoms with Crippen LogP contribution >= 0.6 is 11.6 Å². The van der Waals surface area contributed by atoms with E-state index in [0.717, 1.165) is 18.5 Å². The summed E-state index contributed by atoms with van der Waals surface area (Å²) in [6.07, 6.45) is 5.90. The van der Waals surface area contributed by atoms with Gasteiger partial charge in [-0.1, -0.05) is 67.3 Å². The lowest BCUT2D eigenvalue weighted by atomic mass is 9.96. The van der Waals surface area contributed by atoms with Crippen molar-refractivity contribution in [1.29, 1.82) is 0 Å². The Hall–Kier alpha value is -2.00. The molecule has 122 valence electrons. The van der Waals surface area contributed by atoms with Crippen LogP contribution in [-0.2, 0) is 0 Å². The number of hydrogen-bond donors (Lipinski definition) is 2. The van der Waals surface area contributed by atoms with Crippen molar-refractivity contribution in [2.75, 3.05) is 5.32 Å². The predicted molar refractivity (Wildman–Crippen MR) is 96.9 cm³/mol. The summed E-state index contributed by atoms with van der Waals surface area (Å²) in [6.45, 7) is 0. The molecule has 1 aliphatic carbocycles. The van der Waals surface area contributed by atoms with E-state index in [1.54, 1.807) is 24.3 Å². The number of urea groups is 1. The molecule has 0 aromatic heterocycles. The molecule has 2 aromatic rings. The number of benzene rings is 2. The van der Waals surface area contributed by atoms with Gasteiger partial charge in [0.05, 0.1) is 0 Å². The Labute approximate surface area is 143 Å². The largest absolute Gasteiger partial charge is 0.335 e.